The summed E-state index contributed by atoms with van der Waals surface area (Å²) in [5, 5.41) is 0.302. The Morgan fingerprint density at radius 2 is 1.50 bits per heavy atom. The third-order valence-electron chi connectivity index (χ3n) is 4.11. The molecule has 0 atom stereocenters. The van der Waals surface area contributed by atoms with Crippen LogP contribution in [-0.2, 0) is 6.18 Å². The first-order valence-corrected chi connectivity index (χ1v) is 12.2. The third-order valence-corrected chi connectivity index (χ3v) is 8.64. The summed E-state index contributed by atoms with van der Waals surface area (Å²) in [6.45, 7) is 5.84. The summed E-state index contributed by atoms with van der Waals surface area (Å²) in [6, 6.07) is 5.79. The van der Waals surface area contributed by atoms with E-state index in [1.807, 2.05) is 13.3 Å². The van der Waals surface area contributed by atoms with Crippen molar-refractivity contribution in [1.29, 1.82) is 0 Å². The molecule has 0 aliphatic carbocycles. The SMILES string of the molecule is CCCCCCCCP(C)(C)(Cl)c1ccccc1C(F)(F)F. The van der Waals surface area contributed by atoms with Crippen molar-refractivity contribution in [2.45, 2.75) is 51.6 Å². The number of unbranched alkanes of at least 4 members (excludes halogenated alkanes) is 5. The van der Waals surface area contributed by atoms with Crippen LogP contribution >= 0.6 is 17.2 Å². The van der Waals surface area contributed by atoms with Crippen LogP contribution in [0.15, 0.2) is 24.3 Å². The molecule has 22 heavy (non-hydrogen) atoms. The Bertz CT molecular complexity index is 475. The maximum absolute atomic E-state index is 13.2. The van der Waals surface area contributed by atoms with Crippen LogP contribution in [0, 0.1) is 0 Å². The van der Waals surface area contributed by atoms with Gasteiger partial charge in [-0.15, -0.1) is 0 Å². The first kappa shape index (κ1) is 19.8. The third kappa shape index (κ3) is 5.74. The van der Waals surface area contributed by atoms with Crippen molar-refractivity contribution in [1.82, 2.24) is 0 Å². The van der Waals surface area contributed by atoms with Crippen molar-refractivity contribution in [2.24, 2.45) is 0 Å². The predicted molar refractivity (Wildman–Crippen MR) is 93.9 cm³/mol. The molecule has 5 heteroatoms. The zero-order chi connectivity index (χ0) is 16.9. The average Bonchev–Trinajstić information content (AvgIpc) is 2.41. The van der Waals surface area contributed by atoms with Gasteiger partial charge in [0.1, 0.15) is 0 Å². The van der Waals surface area contributed by atoms with Crippen molar-refractivity contribution in [3.63, 3.8) is 0 Å². The van der Waals surface area contributed by atoms with Crippen LogP contribution in [0.4, 0.5) is 13.2 Å². The van der Waals surface area contributed by atoms with Gasteiger partial charge >= 0.3 is 137 Å². The molecule has 0 fully saturated rings. The molecule has 0 saturated carbocycles. The van der Waals surface area contributed by atoms with Gasteiger partial charge in [0.15, 0.2) is 0 Å². The van der Waals surface area contributed by atoms with Gasteiger partial charge in [-0.3, -0.25) is 0 Å². The van der Waals surface area contributed by atoms with Crippen LogP contribution in [-0.4, -0.2) is 19.5 Å². The molecule has 0 aliphatic heterocycles. The molecule has 0 spiro atoms. The summed E-state index contributed by atoms with van der Waals surface area (Å²) >= 11 is 6.80. The van der Waals surface area contributed by atoms with E-state index in [9.17, 15) is 13.2 Å². The Morgan fingerprint density at radius 1 is 0.955 bits per heavy atom. The first-order chi connectivity index (χ1) is 10.1. The van der Waals surface area contributed by atoms with Gasteiger partial charge in [0.2, 0.25) is 0 Å². The zero-order valence-corrected chi connectivity index (χ0v) is 15.4. The van der Waals surface area contributed by atoms with Crippen LogP contribution in [0.5, 0.6) is 0 Å². The van der Waals surface area contributed by atoms with E-state index < -0.39 is 17.7 Å². The molecular formula is C17H27ClF3P. The van der Waals surface area contributed by atoms with E-state index in [2.05, 4.69) is 6.92 Å². The molecule has 0 N–H and O–H groups in total. The van der Waals surface area contributed by atoms with Gasteiger partial charge < -0.3 is 0 Å². The van der Waals surface area contributed by atoms with Crippen molar-refractivity contribution in [2.75, 3.05) is 19.5 Å². The van der Waals surface area contributed by atoms with Gasteiger partial charge in [-0.05, 0) is 0 Å². The Labute approximate surface area is 137 Å². The van der Waals surface area contributed by atoms with Crippen LogP contribution < -0.4 is 5.30 Å². The number of halogens is 4. The van der Waals surface area contributed by atoms with Gasteiger partial charge in [-0.2, -0.15) is 0 Å². The van der Waals surface area contributed by atoms with E-state index in [1.165, 1.54) is 25.3 Å². The van der Waals surface area contributed by atoms with Crippen LogP contribution in [0.3, 0.4) is 0 Å². The molecule has 1 aromatic carbocycles. The Morgan fingerprint density at radius 3 is 2.09 bits per heavy atom. The minimum atomic E-state index is -4.35. The minimum absolute atomic E-state index is 0.302. The Hall–Kier alpha value is -0.270. The average molecular weight is 355 g/mol. The van der Waals surface area contributed by atoms with Crippen molar-refractivity contribution < 1.29 is 13.2 Å². The molecule has 1 aromatic rings. The molecule has 0 aliphatic rings. The molecule has 0 aromatic heterocycles. The molecule has 0 bridgehead atoms. The van der Waals surface area contributed by atoms with Crippen molar-refractivity contribution in [3.8, 4) is 0 Å². The Kier molecular flexibility index (Phi) is 6.77. The topological polar surface area (TPSA) is 0 Å². The van der Waals surface area contributed by atoms with E-state index >= 15 is 0 Å². The molecule has 0 unspecified atom stereocenters. The first-order valence-electron chi connectivity index (χ1n) is 7.95. The number of benzene rings is 1. The summed E-state index contributed by atoms with van der Waals surface area (Å²) in [6.07, 6.45) is 2.99. The van der Waals surface area contributed by atoms with Gasteiger partial charge in [-0.25, -0.2) is 0 Å². The second kappa shape index (κ2) is 7.53. The molecule has 0 heterocycles. The Balaban J connectivity index is 2.83. The summed E-state index contributed by atoms with van der Waals surface area (Å²) in [4.78, 5) is 0. The van der Waals surface area contributed by atoms with E-state index in [1.54, 1.807) is 12.1 Å². The van der Waals surface area contributed by atoms with Crippen LogP contribution in [0.2, 0.25) is 0 Å². The second-order valence-electron chi connectivity index (χ2n) is 6.73. The number of hydrogen-bond acceptors (Lipinski definition) is 0. The second-order valence-corrected chi connectivity index (χ2v) is 15.4. The molecule has 1 rings (SSSR count). The summed E-state index contributed by atoms with van der Waals surface area (Å²) in [5.74, 6) is -3.03. The normalized spacial score (nSPS) is 14.6. The van der Waals surface area contributed by atoms with E-state index in [0.29, 0.717) is 11.5 Å². The molecular weight excluding hydrogens is 328 g/mol. The fraction of sp³-hybridized carbons (Fsp3) is 0.647. The summed E-state index contributed by atoms with van der Waals surface area (Å²) < 4.78 is 39.7. The fourth-order valence-electron chi connectivity index (χ4n) is 2.78. The van der Waals surface area contributed by atoms with Crippen molar-refractivity contribution in [3.05, 3.63) is 29.8 Å². The van der Waals surface area contributed by atoms with Gasteiger partial charge in [0.25, 0.3) is 0 Å². The van der Waals surface area contributed by atoms with E-state index in [4.69, 9.17) is 11.2 Å². The van der Waals surface area contributed by atoms with Gasteiger partial charge in [0, 0.05) is 0 Å². The monoisotopic (exact) mass is 354 g/mol. The molecule has 0 amide bonds. The van der Waals surface area contributed by atoms with E-state index in [0.717, 1.165) is 25.3 Å². The summed E-state index contributed by atoms with van der Waals surface area (Å²) in [5.41, 5.74) is -0.571. The molecule has 0 radical (unpaired) electrons. The quantitative estimate of drug-likeness (QED) is 0.362. The standard InChI is InChI=1S/C17H27ClF3P/c1-4-5-6-7-8-11-14-22(2,3,18)16-13-10-9-12-15(16)17(19,20)21/h9-10,12-13H,4-8,11,14H2,1-3H3. The van der Waals surface area contributed by atoms with Crippen LogP contribution in [0.25, 0.3) is 0 Å². The van der Waals surface area contributed by atoms with Crippen LogP contribution in [0.1, 0.15) is 51.0 Å². The summed E-state index contributed by atoms with van der Waals surface area (Å²) in [7, 11) is 0. The number of rotatable bonds is 8. The molecule has 0 nitrogen and oxygen atoms in total. The van der Waals surface area contributed by atoms with Gasteiger partial charge in [-0.1, -0.05) is 0 Å². The number of alkyl halides is 3. The van der Waals surface area contributed by atoms with E-state index in [-0.39, 0.29) is 0 Å². The fourth-order valence-corrected chi connectivity index (χ4v) is 6.45. The van der Waals surface area contributed by atoms with Gasteiger partial charge in [0.05, 0.1) is 0 Å². The molecule has 128 valence electrons. The zero-order valence-electron chi connectivity index (χ0n) is 13.7. The maximum atomic E-state index is 13.2. The predicted octanol–water partition coefficient (Wildman–Crippen LogP) is 6.66. The molecule has 0 saturated heterocycles. The number of hydrogen-bond donors (Lipinski definition) is 0. The van der Waals surface area contributed by atoms with Crippen molar-refractivity contribution >= 4 is 22.5 Å².